The molecule has 2 N–H and O–H groups in total. The lowest BCUT2D eigenvalue weighted by Crippen LogP contribution is -2.21. The van der Waals surface area contributed by atoms with Gasteiger partial charge in [-0.15, -0.1) is 0 Å². The standard InChI is InChI=1S/C12H12O3/c1-12(14,10-6-7-15-8-10)9-2-4-11(13)5-3-9/h2-8,13-14H,1H3. The Kier molecular flexibility index (Phi) is 2.25. The molecule has 0 fully saturated rings. The normalized spacial score (nSPS) is 14.8. The molecular weight excluding hydrogens is 192 g/mol. The van der Waals surface area contributed by atoms with Crippen LogP contribution in [-0.2, 0) is 5.60 Å². The van der Waals surface area contributed by atoms with Gasteiger partial charge in [-0.2, -0.15) is 0 Å². The van der Waals surface area contributed by atoms with Crippen LogP contribution in [-0.4, -0.2) is 10.2 Å². The van der Waals surface area contributed by atoms with E-state index in [0.29, 0.717) is 11.1 Å². The van der Waals surface area contributed by atoms with Crippen LogP contribution in [0.15, 0.2) is 47.3 Å². The van der Waals surface area contributed by atoms with Crippen molar-refractivity contribution >= 4 is 0 Å². The molecule has 15 heavy (non-hydrogen) atoms. The molecule has 1 aromatic carbocycles. The molecule has 0 saturated carbocycles. The number of furan rings is 1. The molecule has 1 heterocycles. The summed E-state index contributed by atoms with van der Waals surface area (Å²) in [5.41, 5.74) is 0.302. The molecule has 0 aliphatic rings. The van der Waals surface area contributed by atoms with Crippen LogP contribution >= 0.6 is 0 Å². The highest BCUT2D eigenvalue weighted by atomic mass is 16.3. The van der Waals surface area contributed by atoms with E-state index in [4.69, 9.17) is 9.52 Å². The molecule has 0 saturated heterocycles. The Labute approximate surface area is 87.6 Å². The molecule has 0 aliphatic carbocycles. The van der Waals surface area contributed by atoms with Crippen LogP contribution in [0.3, 0.4) is 0 Å². The highest BCUT2D eigenvalue weighted by Gasteiger charge is 2.26. The maximum absolute atomic E-state index is 10.3. The molecule has 0 spiro atoms. The van der Waals surface area contributed by atoms with Crippen LogP contribution in [0.25, 0.3) is 0 Å². The van der Waals surface area contributed by atoms with Crippen LogP contribution < -0.4 is 0 Å². The summed E-state index contributed by atoms with van der Waals surface area (Å²) in [6, 6.07) is 8.17. The van der Waals surface area contributed by atoms with Crippen molar-refractivity contribution in [1.82, 2.24) is 0 Å². The van der Waals surface area contributed by atoms with Gasteiger partial charge in [-0.05, 0) is 30.7 Å². The maximum Gasteiger partial charge on any atom is 0.115 e. The van der Waals surface area contributed by atoms with Crippen molar-refractivity contribution in [1.29, 1.82) is 0 Å². The zero-order valence-electron chi connectivity index (χ0n) is 8.34. The fraction of sp³-hybridized carbons (Fsp3) is 0.167. The number of phenolic OH excluding ortho intramolecular Hbond substituents is 1. The first kappa shape index (κ1) is 9.80. The van der Waals surface area contributed by atoms with Crippen LogP contribution in [0.2, 0.25) is 0 Å². The van der Waals surface area contributed by atoms with Crippen molar-refractivity contribution in [2.24, 2.45) is 0 Å². The van der Waals surface area contributed by atoms with Crippen molar-refractivity contribution in [2.75, 3.05) is 0 Å². The van der Waals surface area contributed by atoms with Gasteiger partial charge in [0.2, 0.25) is 0 Å². The van der Waals surface area contributed by atoms with Crippen molar-refractivity contribution < 1.29 is 14.6 Å². The van der Waals surface area contributed by atoms with Gasteiger partial charge >= 0.3 is 0 Å². The minimum Gasteiger partial charge on any atom is -0.508 e. The van der Waals surface area contributed by atoms with E-state index in [1.54, 1.807) is 37.3 Å². The highest BCUT2D eigenvalue weighted by molar-refractivity contribution is 5.36. The Balaban J connectivity index is 2.41. The van der Waals surface area contributed by atoms with Gasteiger partial charge in [0.05, 0.1) is 12.5 Å². The third-order valence-electron chi connectivity index (χ3n) is 2.51. The third-order valence-corrected chi connectivity index (χ3v) is 2.51. The topological polar surface area (TPSA) is 53.6 Å². The van der Waals surface area contributed by atoms with Gasteiger partial charge in [0.15, 0.2) is 0 Å². The van der Waals surface area contributed by atoms with Crippen molar-refractivity contribution in [3.63, 3.8) is 0 Å². The van der Waals surface area contributed by atoms with Crippen LogP contribution in [0.1, 0.15) is 18.1 Å². The molecule has 2 aromatic rings. The fourth-order valence-corrected chi connectivity index (χ4v) is 1.49. The molecule has 78 valence electrons. The molecule has 1 atom stereocenters. The number of aromatic hydroxyl groups is 1. The van der Waals surface area contributed by atoms with E-state index in [1.165, 1.54) is 12.5 Å². The number of benzene rings is 1. The summed E-state index contributed by atoms with van der Waals surface area (Å²) in [6.45, 7) is 1.68. The Bertz CT molecular complexity index is 426. The number of rotatable bonds is 2. The number of hydrogen-bond donors (Lipinski definition) is 2. The summed E-state index contributed by atoms with van der Waals surface area (Å²) in [5, 5.41) is 19.4. The predicted octanol–water partition coefficient (Wildman–Crippen LogP) is 2.24. The first-order valence-corrected chi connectivity index (χ1v) is 4.65. The molecule has 0 aliphatic heterocycles. The molecular formula is C12H12O3. The van der Waals surface area contributed by atoms with Crippen LogP contribution in [0, 0.1) is 0 Å². The van der Waals surface area contributed by atoms with Crippen molar-refractivity contribution in [2.45, 2.75) is 12.5 Å². The smallest absolute Gasteiger partial charge is 0.115 e. The predicted molar refractivity (Wildman–Crippen MR) is 55.5 cm³/mol. The molecule has 0 amide bonds. The second-order valence-electron chi connectivity index (χ2n) is 3.63. The summed E-state index contributed by atoms with van der Waals surface area (Å²) in [6.07, 6.45) is 3.02. The Morgan fingerprint density at radius 1 is 1.07 bits per heavy atom. The monoisotopic (exact) mass is 204 g/mol. The molecule has 0 radical (unpaired) electrons. The number of phenols is 1. The maximum atomic E-state index is 10.3. The average Bonchev–Trinajstić information content (AvgIpc) is 2.71. The second kappa shape index (κ2) is 3.44. The lowest BCUT2D eigenvalue weighted by atomic mass is 9.90. The van der Waals surface area contributed by atoms with E-state index in [1.807, 2.05) is 0 Å². The van der Waals surface area contributed by atoms with Gasteiger partial charge in [0.1, 0.15) is 11.4 Å². The van der Waals surface area contributed by atoms with E-state index in [0.717, 1.165) is 0 Å². The number of hydrogen-bond acceptors (Lipinski definition) is 3. The van der Waals surface area contributed by atoms with Crippen molar-refractivity contribution in [3.05, 3.63) is 54.0 Å². The molecule has 1 aromatic heterocycles. The van der Waals surface area contributed by atoms with E-state index < -0.39 is 5.60 Å². The van der Waals surface area contributed by atoms with Gasteiger partial charge in [-0.1, -0.05) is 12.1 Å². The summed E-state index contributed by atoms with van der Waals surface area (Å²) >= 11 is 0. The summed E-state index contributed by atoms with van der Waals surface area (Å²) < 4.78 is 4.94. The quantitative estimate of drug-likeness (QED) is 0.788. The van der Waals surface area contributed by atoms with E-state index in [-0.39, 0.29) is 5.75 Å². The van der Waals surface area contributed by atoms with Crippen LogP contribution in [0.4, 0.5) is 0 Å². The molecule has 2 rings (SSSR count). The minimum absolute atomic E-state index is 0.182. The lowest BCUT2D eigenvalue weighted by molar-refractivity contribution is 0.101. The van der Waals surface area contributed by atoms with Gasteiger partial charge < -0.3 is 14.6 Å². The second-order valence-corrected chi connectivity index (χ2v) is 3.63. The Morgan fingerprint density at radius 2 is 1.73 bits per heavy atom. The SMILES string of the molecule is CC(O)(c1ccc(O)cc1)c1ccoc1. The van der Waals surface area contributed by atoms with Gasteiger partial charge in [0, 0.05) is 5.56 Å². The van der Waals surface area contributed by atoms with Gasteiger partial charge in [-0.3, -0.25) is 0 Å². The zero-order valence-corrected chi connectivity index (χ0v) is 8.34. The van der Waals surface area contributed by atoms with Gasteiger partial charge in [-0.25, -0.2) is 0 Å². The van der Waals surface area contributed by atoms with Crippen molar-refractivity contribution in [3.8, 4) is 5.75 Å². The molecule has 3 nitrogen and oxygen atoms in total. The molecule has 3 heteroatoms. The average molecular weight is 204 g/mol. The van der Waals surface area contributed by atoms with Gasteiger partial charge in [0.25, 0.3) is 0 Å². The Hall–Kier alpha value is -1.74. The van der Waals surface area contributed by atoms with Crippen LogP contribution in [0.5, 0.6) is 5.75 Å². The number of aliphatic hydroxyl groups is 1. The lowest BCUT2D eigenvalue weighted by Gasteiger charge is -2.22. The fourth-order valence-electron chi connectivity index (χ4n) is 1.49. The summed E-state index contributed by atoms with van der Waals surface area (Å²) in [7, 11) is 0. The first-order valence-electron chi connectivity index (χ1n) is 4.65. The third kappa shape index (κ3) is 1.74. The highest BCUT2D eigenvalue weighted by Crippen LogP contribution is 2.30. The van der Waals surface area contributed by atoms with E-state index in [9.17, 15) is 5.11 Å². The zero-order chi connectivity index (χ0) is 10.9. The van der Waals surface area contributed by atoms with E-state index in [2.05, 4.69) is 0 Å². The first-order chi connectivity index (χ1) is 7.10. The largest absolute Gasteiger partial charge is 0.508 e. The minimum atomic E-state index is -1.10. The summed E-state index contributed by atoms with van der Waals surface area (Å²) in [4.78, 5) is 0. The van der Waals surface area contributed by atoms with E-state index >= 15 is 0 Å². The Morgan fingerprint density at radius 3 is 2.27 bits per heavy atom. The summed E-state index contributed by atoms with van der Waals surface area (Å²) in [5.74, 6) is 0.182. The molecule has 0 bridgehead atoms. The molecule has 1 unspecified atom stereocenters.